The van der Waals surface area contributed by atoms with Crippen LogP contribution in [0.3, 0.4) is 0 Å². The van der Waals surface area contributed by atoms with Crippen LogP contribution >= 0.6 is 0 Å². The molecule has 96 valence electrons. The lowest BCUT2D eigenvalue weighted by Gasteiger charge is -2.31. The fourth-order valence-corrected chi connectivity index (χ4v) is 2.27. The topological polar surface area (TPSA) is 76.3 Å². The third kappa shape index (κ3) is 2.47. The second-order valence-electron chi connectivity index (χ2n) is 4.48. The van der Waals surface area contributed by atoms with Crippen molar-refractivity contribution >= 4 is 17.3 Å². The van der Waals surface area contributed by atoms with Gasteiger partial charge < -0.3 is 4.90 Å². The zero-order valence-electron chi connectivity index (χ0n) is 10.2. The Kier molecular flexibility index (Phi) is 3.55. The van der Waals surface area contributed by atoms with E-state index in [9.17, 15) is 14.9 Å². The van der Waals surface area contributed by atoms with Crippen LogP contribution in [0, 0.1) is 16.0 Å². The molecule has 2 rings (SSSR count). The van der Waals surface area contributed by atoms with Gasteiger partial charge in [0, 0.05) is 31.3 Å². The number of carbonyl (C=O) groups is 1. The smallest absolute Gasteiger partial charge is 0.311 e. The van der Waals surface area contributed by atoms with Gasteiger partial charge in [0.25, 0.3) is 0 Å². The summed E-state index contributed by atoms with van der Waals surface area (Å²) in [5.41, 5.74) is 0.0266. The van der Waals surface area contributed by atoms with Crippen molar-refractivity contribution < 1.29 is 9.72 Å². The van der Waals surface area contributed by atoms with Gasteiger partial charge in [-0.2, -0.15) is 0 Å². The van der Waals surface area contributed by atoms with E-state index in [-0.39, 0.29) is 17.4 Å². The molecular formula is C12H15N3O3. The summed E-state index contributed by atoms with van der Waals surface area (Å²) in [6, 6.07) is 3.02. The van der Waals surface area contributed by atoms with E-state index in [0.717, 1.165) is 12.8 Å². The van der Waals surface area contributed by atoms with Crippen LogP contribution in [-0.4, -0.2) is 28.8 Å². The molecule has 6 nitrogen and oxygen atoms in total. The molecule has 1 fully saturated rings. The minimum Gasteiger partial charge on any atom is -0.351 e. The summed E-state index contributed by atoms with van der Waals surface area (Å²) in [6.45, 7) is 2.88. The molecule has 18 heavy (non-hydrogen) atoms. The number of piperidine rings is 1. The number of Topliss-reactive ketones (excluding diaryl/α,β-unsaturated/α-hetero) is 1. The van der Waals surface area contributed by atoms with E-state index in [2.05, 4.69) is 4.98 Å². The Labute approximate surface area is 105 Å². The molecule has 2 heterocycles. The van der Waals surface area contributed by atoms with Crippen LogP contribution in [0.1, 0.15) is 19.8 Å². The zero-order chi connectivity index (χ0) is 13.1. The minimum atomic E-state index is -0.417. The molecule has 1 aliphatic heterocycles. The molecule has 1 aliphatic rings. The first-order chi connectivity index (χ1) is 8.59. The maximum atomic E-state index is 11.3. The Morgan fingerprint density at radius 3 is 2.72 bits per heavy atom. The van der Waals surface area contributed by atoms with E-state index in [0.29, 0.717) is 18.9 Å². The summed E-state index contributed by atoms with van der Waals surface area (Å²) in [7, 11) is 0. The number of nitrogens with zero attached hydrogens (tertiary/aromatic N) is 3. The quantitative estimate of drug-likeness (QED) is 0.603. The highest BCUT2D eigenvalue weighted by atomic mass is 16.6. The van der Waals surface area contributed by atoms with E-state index in [1.807, 2.05) is 4.90 Å². The zero-order valence-corrected chi connectivity index (χ0v) is 10.2. The van der Waals surface area contributed by atoms with Gasteiger partial charge in [-0.3, -0.25) is 14.9 Å². The van der Waals surface area contributed by atoms with Gasteiger partial charge >= 0.3 is 5.69 Å². The summed E-state index contributed by atoms with van der Waals surface area (Å²) >= 11 is 0. The molecule has 0 N–H and O–H groups in total. The summed E-state index contributed by atoms with van der Waals surface area (Å²) in [5.74, 6) is 0.693. The third-order valence-corrected chi connectivity index (χ3v) is 3.33. The summed E-state index contributed by atoms with van der Waals surface area (Å²) in [4.78, 5) is 27.8. The van der Waals surface area contributed by atoms with Gasteiger partial charge in [-0.05, 0) is 25.8 Å². The average Bonchev–Trinajstić information content (AvgIpc) is 2.39. The van der Waals surface area contributed by atoms with Crippen molar-refractivity contribution in [3.63, 3.8) is 0 Å². The lowest BCUT2D eigenvalue weighted by Crippen LogP contribution is -2.36. The monoisotopic (exact) mass is 249 g/mol. The normalized spacial score (nSPS) is 16.6. The van der Waals surface area contributed by atoms with E-state index in [1.54, 1.807) is 19.2 Å². The molecule has 0 bridgehead atoms. The fraction of sp³-hybridized carbons (Fsp3) is 0.500. The number of ketones is 1. The first-order valence-corrected chi connectivity index (χ1v) is 5.94. The van der Waals surface area contributed by atoms with Crippen molar-refractivity contribution in [1.29, 1.82) is 0 Å². The summed E-state index contributed by atoms with van der Waals surface area (Å²) < 4.78 is 0. The number of nitro groups is 1. The maximum Gasteiger partial charge on any atom is 0.311 e. The van der Waals surface area contributed by atoms with Crippen LogP contribution in [-0.2, 0) is 4.79 Å². The molecule has 0 saturated carbocycles. The standard InChI is InChI=1S/C12H15N3O3/c1-9(16)10-4-7-14(8-5-10)12-11(15(17)18)3-2-6-13-12/h2-3,6,10H,4-5,7-8H2,1H3. The first kappa shape index (κ1) is 12.5. The highest BCUT2D eigenvalue weighted by molar-refractivity contribution is 5.78. The number of hydrogen-bond acceptors (Lipinski definition) is 5. The SMILES string of the molecule is CC(=O)C1CCN(c2ncccc2[N+](=O)[O-])CC1. The van der Waals surface area contributed by atoms with E-state index >= 15 is 0 Å². The Morgan fingerprint density at radius 1 is 1.50 bits per heavy atom. The van der Waals surface area contributed by atoms with Gasteiger partial charge in [0.2, 0.25) is 5.82 Å². The van der Waals surface area contributed by atoms with Crippen molar-refractivity contribution in [3.8, 4) is 0 Å². The number of rotatable bonds is 3. The van der Waals surface area contributed by atoms with Crippen LogP contribution in [0.4, 0.5) is 11.5 Å². The van der Waals surface area contributed by atoms with Gasteiger partial charge in [-0.15, -0.1) is 0 Å². The molecule has 0 radical (unpaired) electrons. The lowest BCUT2D eigenvalue weighted by molar-refractivity contribution is -0.384. The predicted octanol–water partition coefficient (Wildman–Crippen LogP) is 1.80. The summed E-state index contributed by atoms with van der Waals surface area (Å²) in [6.07, 6.45) is 3.03. The van der Waals surface area contributed by atoms with Gasteiger partial charge in [-0.1, -0.05) is 0 Å². The Morgan fingerprint density at radius 2 is 2.17 bits per heavy atom. The lowest BCUT2D eigenvalue weighted by atomic mass is 9.93. The Bertz CT molecular complexity index is 467. The molecule has 6 heteroatoms. The summed E-state index contributed by atoms with van der Waals surface area (Å²) in [5, 5.41) is 10.9. The van der Waals surface area contributed by atoms with Crippen molar-refractivity contribution in [2.24, 2.45) is 5.92 Å². The van der Waals surface area contributed by atoms with Crippen molar-refractivity contribution in [3.05, 3.63) is 28.4 Å². The van der Waals surface area contributed by atoms with E-state index in [4.69, 9.17) is 0 Å². The molecule has 0 amide bonds. The minimum absolute atomic E-state index is 0.0266. The third-order valence-electron chi connectivity index (χ3n) is 3.33. The van der Waals surface area contributed by atoms with Crippen LogP contribution in [0.25, 0.3) is 0 Å². The Balaban J connectivity index is 2.15. The number of carbonyl (C=O) groups excluding carboxylic acids is 1. The Hall–Kier alpha value is -1.98. The van der Waals surface area contributed by atoms with Crippen molar-refractivity contribution in [2.75, 3.05) is 18.0 Å². The van der Waals surface area contributed by atoms with Crippen LogP contribution in [0.5, 0.6) is 0 Å². The molecule has 1 aromatic heterocycles. The van der Waals surface area contributed by atoms with Gasteiger partial charge in [-0.25, -0.2) is 4.98 Å². The number of aromatic nitrogens is 1. The number of hydrogen-bond donors (Lipinski definition) is 0. The molecular weight excluding hydrogens is 234 g/mol. The van der Waals surface area contributed by atoms with Crippen LogP contribution in [0.15, 0.2) is 18.3 Å². The van der Waals surface area contributed by atoms with Gasteiger partial charge in [0.05, 0.1) is 4.92 Å². The maximum absolute atomic E-state index is 11.3. The molecule has 1 saturated heterocycles. The highest BCUT2D eigenvalue weighted by Crippen LogP contribution is 2.29. The van der Waals surface area contributed by atoms with Crippen LogP contribution < -0.4 is 4.90 Å². The second kappa shape index (κ2) is 5.12. The van der Waals surface area contributed by atoms with E-state index < -0.39 is 4.92 Å². The second-order valence-corrected chi connectivity index (χ2v) is 4.48. The van der Waals surface area contributed by atoms with Gasteiger partial charge in [0.15, 0.2) is 0 Å². The van der Waals surface area contributed by atoms with Crippen molar-refractivity contribution in [1.82, 2.24) is 4.98 Å². The van der Waals surface area contributed by atoms with E-state index in [1.165, 1.54) is 6.07 Å². The fourth-order valence-electron chi connectivity index (χ4n) is 2.27. The molecule has 0 aromatic carbocycles. The van der Waals surface area contributed by atoms with Gasteiger partial charge in [0.1, 0.15) is 5.78 Å². The first-order valence-electron chi connectivity index (χ1n) is 5.94. The molecule has 0 unspecified atom stereocenters. The predicted molar refractivity (Wildman–Crippen MR) is 66.5 cm³/mol. The van der Waals surface area contributed by atoms with Crippen molar-refractivity contribution in [2.45, 2.75) is 19.8 Å². The highest BCUT2D eigenvalue weighted by Gasteiger charge is 2.27. The molecule has 1 aromatic rings. The molecule has 0 spiro atoms. The molecule has 0 aliphatic carbocycles. The number of pyridine rings is 1. The number of anilines is 1. The average molecular weight is 249 g/mol. The van der Waals surface area contributed by atoms with Crippen LogP contribution in [0.2, 0.25) is 0 Å². The largest absolute Gasteiger partial charge is 0.351 e. The molecule has 0 atom stereocenters.